The van der Waals surface area contributed by atoms with Crippen LogP contribution in [0, 0.1) is 11.3 Å². The van der Waals surface area contributed by atoms with Gasteiger partial charge in [0.1, 0.15) is 18.2 Å². The summed E-state index contributed by atoms with van der Waals surface area (Å²) in [5.74, 6) is -0.241. The first-order valence-electron chi connectivity index (χ1n) is 8.87. The number of amides is 1. The number of rotatable bonds is 7. The van der Waals surface area contributed by atoms with Crippen molar-refractivity contribution in [3.63, 3.8) is 0 Å². The summed E-state index contributed by atoms with van der Waals surface area (Å²) in [6.07, 6.45) is 2.19. The molecule has 0 spiro atoms. The maximum Gasteiger partial charge on any atom is 0.306 e. The fraction of sp³-hybridized carbons (Fsp3) is 0.300. The number of esters is 1. The summed E-state index contributed by atoms with van der Waals surface area (Å²) in [7, 11) is 1.31. The highest BCUT2D eigenvalue weighted by Gasteiger charge is 2.34. The third kappa shape index (κ3) is 4.64. The second kappa shape index (κ2) is 8.51. The molecule has 1 saturated heterocycles. The molecule has 146 valence electrons. The number of hydrogen-bond acceptors (Lipinski definition) is 6. The molecular weight excluding hydrogens is 360 g/mol. The van der Waals surface area contributed by atoms with Crippen LogP contribution in [0.15, 0.2) is 42.6 Å². The highest BCUT2D eigenvalue weighted by atomic mass is 16.5. The van der Waals surface area contributed by atoms with Crippen molar-refractivity contribution in [1.82, 2.24) is 10.3 Å². The third-order valence-electron chi connectivity index (χ3n) is 4.60. The lowest BCUT2D eigenvalue weighted by atomic mass is 10.0. The fourth-order valence-electron chi connectivity index (χ4n) is 3.04. The summed E-state index contributed by atoms with van der Waals surface area (Å²) >= 11 is 0. The minimum absolute atomic E-state index is 0.0179. The second-order valence-electron chi connectivity index (χ2n) is 6.60. The molecular formula is C20H22N4O4. The van der Waals surface area contributed by atoms with Crippen molar-refractivity contribution >= 4 is 17.7 Å². The Bertz CT molecular complexity index is 865. The Balaban J connectivity index is 1.54. The Morgan fingerprint density at radius 3 is 2.64 bits per heavy atom. The zero-order chi connectivity index (χ0) is 20.1. The van der Waals surface area contributed by atoms with Gasteiger partial charge in [0, 0.05) is 17.3 Å². The van der Waals surface area contributed by atoms with E-state index in [4.69, 9.17) is 15.9 Å². The van der Waals surface area contributed by atoms with Crippen molar-refractivity contribution < 1.29 is 19.1 Å². The van der Waals surface area contributed by atoms with Crippen LogP contribution < -0.4 is 15.8 Å². The number of benzene rings is 1. The molecule has 3 rings (SSSR count). The first kappa shape index (κ1) is 19.3. The van der Waals surface area contributed by atoms with Crippen LogP contribution in [-0.4, -0.2) is 42.5 Å². The zero-order valence-electron chi connectivity index (χ0n) is 15.5. The van der Waals surface area contributed by atoms with Crippen LogP contribution in [0.3, 0.4) is 0 Å². The molecule has 1 aromatic heterocycles. The Labute approximate surface area is 162 Å². The molecule has 1 aliphatic rings. The van der Waals surface area contributed by atoms with Crippen molar-refractivity contribution in [2.24, 2.45) is 11.7 Å². The van der Waals surface area contributed by atoms with E-state index in [9.17, 15) is 9.59 Å². The molecule has 2 atom stereocenters. The lowest BCUT2D eigenvalue weighted by Crippen LogP contribution is -2.31. The monoisotopic (exact) mass is 382 g/mol. The number of methoxy groups -OCH3 is 1. The van der Waals surface area contributed by atoms with Crippen LogP contribution in [0.5, 0.6) is 5.75 Å². The van der Waals surface area contributed by atoms with E-state index in [2.05, 4.69) is 15.0 Å². The van der Waals surface area contributed by atoms with Crippen LogP contribution in [0.2, 0.25) is 0 Å². The smallest absolute Gasteiger partial charge is 0.306 e. The number of nitrogens with zero attached hydrogens (tertiary/aromatic N) is 1. The number of hydrogen-bond donors (Lipinski definition) is 3. The summed E-state index contributed by atoms with van der Waals surface area (Å²) in [6.45, 7) is 0.328. The Morgan fingerprint density at radius 2 is 2.04 bits per heavy atom. The lowest BCUT2D eigenvalue weighted by molar-refractivity contribution is -0.143. The number of aromatic nitrogens is 1. The topological polar surface area (TPSA) is 127 Å². The highest BCUT2D eigenvalue weighted by molar-refractivity contribution is 5.94. The van der Waals surface area contributed by atoms with Crippen molar-refractivity contribution in [3.8, 4) is 17.0 Å². The van der Waals surface area contributed by atoms with Gasteiger partial charge in [0.25, 0.3) is 0 Å². The van der Waals surface area contributed by atoms with Crippen LogP contribution in [0.4, 0.5) is 0 Å². The van der Waals surface area contributed by atoms with E-state index in [1.54, 1.807) is 12.3 Å². The van der Waals surface area contributed by atoms with Crippen molar-refractivity contribution in [2.75, 3.05) is 13.7 Å². The molecule has 0 aliphatic carbocycles. The summed E-state index contributed by atoms with van der Waals surface area (Å²) in [4.78, 5) is 27.6. The number of pyridine rings is 1. The maximum atomic E-state index is 11.9. The van der Waals surface area contributed by atoms with Gasteiger partial charge in [-0.3, -0.25) is 20.0 Å². The first-order chi connectivity index (χ1) is 13.5. The Morgan fingerprint density at radius 1 is 1.29 bits per heavy atom. The Kier molecular flexibility index (Phi) is 5.88. The molecule has 0 radical (unpaired) electrons. The predicted octanol–water partition coefficient (Wildman–Crippen LogP) is 1.48. The zero-order valence-corrected chi connectivity index (χ0v) is 15.5. The molecule has 0 unspecified atom stereocenters. The minimum atomic E-state index is -0.387. The molecule has 1 fully saturated rings. The van der Waals surface area contributed by atoms with Gasteiger partial charge in [0.2, 0.25) is 5.91 Å². The van der Waals surface area contributed by atoms with Gasteiger partial charge in [0.05, 0.1) is 31.2 Å². The molecule has 2 aromatic rings. The molecule has 1 aliphatic heterocycles. The third-order valence-corrected chi connectivity index (χ3v) is 4.60. The highest BCUT2D eigenvalue weighted by Crippen LogP contribution is 2.23. The maximum absolute atomic E-state index is 11.9. The number of nitrogens with one attached hydrogen (secondary N) is 2. The van der Waals surface area contributed by atoms with Gasteiger partial charge in [0.15, 0.2) is 0 Å². The molecule has 1 aromatic carbocycles. The molecule has 2 heterocycles. The average Bonchev–Trinajstić information content (AvgIpc) is 3.06. The van der Waals surface area contributed by atoms with Crippen molar-refractivity contribution in [3.05, 3.63) is 48.2 Å². The molecule has 8 nitrogen and oxygen atoms in total. The van der Waals surface area contributed by atoms with Gasteiger partial charge in [-0.2, -0.15) is 0 Å². The minimum Gasteiger partial charge on any atom is -0.491 e. The normalized spacial score (nSPS) is 18.4. The second-order valence-corrected chi connectivity index (χ2v) is 6.60. The number of carbonyl (C=O) groups is 2. The van der Waals surface area contributed by atoms with Crippen LogP contribution in [-0.2, 0) is 14.3 Å². The number of nitrogens with two attached hydrogens (primary N) is 1. The lowest BCUT2D eigenvalue weighted by Gasteiger charge is -2.12. The molecule has 28 heavy (non-hydrogen) atoms. The van der Waals surface area contributed by atoms with Crippen LogP contribution in [0.1, 0.15) is 18.4 Å². The predicted molar refractivity (Wildman–Crippen MR) is 103 cm³/mol. The van der Waals surface area contributed by atoms with E-state index in [1.807, 2.05) is 30.3 Å². The standard InChI is InChI=1S/C20H22N4O4/c1-27-18(25)9-14-8-15(24-20(14)26)11-28-16-5-2-12(3-6-16)17-7-4-13(10-23-17)19(21)22/h2-7,10,14-15H,8-9,11H2,1H3,(H3,21,22)(H,24,26)/t14-,15-/m0/s1. The molecule has 4 N–H and O–H groups in total. The van der Waals surface area contributed by atoms with E-state index in [0.717, 1.165) is 11.3 Å². The van der Waals surface area contributed by atoms with Gasteiger partial charge < -0.3 is 20.5 Å². The largest absolute Gasteiger partial charge is 0.491 e. The number of carbonyl (C=O) groups excluding carboxylic acids is 2. The van der Waals surface area contributed by atoms with Crippen LogP contribution >= 0.6 is 0 Å². The summed E-state index contributed by atoms with van der Waals surface area (Å²) in [5, 5.41) is 10.2. The van der Waals surface area contributed by atoms with E-state index < -0.39 is 0 Å². The van der Waals surface area contributed by atoms with Gasteiger partial charge >= 0.3 is 5.97 Å². The van der Waals surface area contributed by atoms with Gasteiger partial charge in [-0.1, -0.05) is 0 Å². The summed E-state index contributed by atoms with van der Waals surface area (Å²) < 4.78 is 10.4. The van der Waals surface area contributed by atoms with E-state index in [0.29, 0.717) is 24.3 Å². The number of nitrogen functional groups attached to an aromatic ring is 1. The summed E-state index contributed by atoms with van der Waals surface area (Å²) in [5.41, 5.74) is 7.69. The van der Waals surface area contributed by atoms with E-state index in [-0.39, 0.29) is 36.1 Å². The quantitative estimate of drug-likeness (QED) is 0.378. The van der Waals surface area contributed by atoms with Crippen molar-refractivity contribution in [2.45, 2.75) is 18.9 Å². The Hall–Kier alpha value is -3.42. The molecule has 1 amide bonds. The van der Waals surface area contributed by atoms with Crippen molar-refractivity contribution in [1.29, 1.82) is 5.41 Å². The summed E-state index contributed by atoms with van der Waals surface area (Å²) in [6, 6.07) is 10.9. The molecule has 8 heteroatoms. The van der Waals surface area contributed by atoms with E-state index in [1.165, 1.54) is 7.11 Å². The van der Waals surface area contributed by atoms with Gasteiger partial charge in [-0.25, -0.2) is 0 Å². The number of amidine groups is 1. The SMILES string of the molecule is COC(=O)C[C@@H]1C[C@@H](COc2ccc(-c3ccc(C(=N)N)cn3)cc2)NC1=O. The molecule has 0 bridgehead atoms. The fourth-order valence-corrected chi connectivity index (χ4v) is 3.04. The molecule has 0 saturated carbocycles. The first-order valence-corrected chi connectivity index (χ1v) is 8.87. The average molecular weight is 382 g/mol. The van der Waals surface area contributed by atoms with Gasteiger partial charge in [-0.05, 0) is 42.8 Å². The number of ether oxygens (including phenoxy) is 2. The van der Waals surface area contributed by atoms with E-state index >= 15 is 0 Å². The van der Waals surface area contributed by atoms with Gasteiger partial charge in [-0.15, -0.1) is 0 Å². The van der Waals surface area contributed by atoms with Crippen LogP contribution in [0.25, 0.3) is 11.3 Å².